The SMILES string of the molecule is CCN1CCN(Cc2nnsc2NC)CC1. The van der Waals surface area contributed by atoms with Gasteiger partial charge in [0.2, 0.25) is 0 Å². The van der Waals surface area contributed by atoms with Crippen molar-refractivity contribution in [1.29, 1.82) is 0 Å². The summed E-state index contributed by atoms with van der Waals surface area (Å²) in [7, 11) is 1.92. The van der Waals surface area contributed by atoms with E-state index >= 15 is 0 Å². The molecule has 1 aromatic rings. The normalized spacial score (nSPS) is 18.9. The number of rotatable bonds is 4. The summed E-state index contributed by atoms with van der Waals surface area (Å²) in [5, 5.41) is 8.41. The van der Waals surface area contributed by atoms with Crippen LogP contribution in [-0.2, 0) is 6.54 Å². The summed E-state index contributed by atoms with van der Waals surface area (Å²) in [4.78, 5) is 4.93. The van der Waals surface area contributed by atoms with Gasteiger partial charge < -0.3 is 10.2 Å². The van der Waals surface area contributed by atoms with Crippen LogP contribution in [0.15, 0.2) is 0 Å². The molecule has 6 heteroatoms. The van der Waals surface area contributed by atoms with Gasteiger partial charge in [0, 0.05) is 51.3 Å². The molecule has 16 heavy (non-hydrogen) atoms. The predicted octanol–water partition coefficient (Wildman–Crippen LogP) is 0.717. The minimum absolute atomic E-state index is 0.921. The number of aromatic nitrogens is 2. The molecule has 2 heterocycles. The van der Waals surface area contributed by atoms with Gasteiger partial charge >= 0.3 is 0 Å². The van der Waals surface area contributed by atoms with Gasteiger partial charge in [-0.05, 0) is 6.54 Å². The van der Waals surface area contributed by atoms with E-state index in [1.807, 2.05) is 7.05 Å². The fourth-order valence-electron chi connectivity index (χ4n) is 1.98. The molecule has 0 aromatic carbocycles. The molecule has 1 saturated heterocycles. The summed E-state index contributed by atoms with van der Waals surface area (Å²) in [6, 6.07) is 0. The highest BCUT2D eigenvalue weighted by Gasteiger charge is 2.17. The highest BCUT2D eigenvalue weighted by molar-refractivity contribution is 7.10. The second-order valence-corrected chi connectivity index (χ2v) is 4.76. The average molecular weight is 241 g/mol. The Morgan fingerprint density at radius 2 is 1.94 bits per heavy atom. The van der Waals surface area contributed by atoms with Gasteiger partial charge in [-0.15, -0.1) is 5.10 Å². The lowest BCUT2D eigenvalue weighted by atomic mass is 10.3. The van der Waals surface area contributed by atoms with Crippen LogP contribution in [0.4, 0.5) is 5.00 Å². The molecule has 2 rings (SSSR count). The minimum Gasteiger partial charge on any atom is -0.377 e. The molecule has 0 radical (unpaired) electrons. The highest BCUT2D eigenvalue weighted by atomic mass is 32.1. The van der Waals surface area contributed by atoms with Gasteiger partial charge in [0.15, 0.2) is 0 Å². The molecule has 1 aliphatic heterocycles. The smallest absolute Gasteiger partial charge is 0.134 e. The summed E-state index contributed by atoms with van der Waals surface area (Å²) >= 11 is 1.43. The molecule has 1 aliphatic rings. The molecule has 0 spiro atoms. The van der Waals surface area contributed by atoms with Crippen LogP contribution in [0.3, 0.4) is 0 Å². The van der Waals surface area contributed by atoms with E-state index < -0.39 is 0 Å². The molecule has 0 unspecified atom stereocenters. The van der Waals surface area contributed by atoms with Gasteiger partial charge in [-0.25, -0.2) is 0 Å². The van der Waals surface area contributed by atoms with Crippen molar-refractivity contribution in [3.05, 3.63) is 5.69 Å². The van der Waals surface area contributed by atoms with E-state index in [-0.39, 0.29) is 0 Å². The molecule has 1 aromatic heterocycles. The Balaban J connectivity index is 1.87. The molecule has 1 N–H and O–H groups in total. The molecule has 90 valence electrons. The number of likely N-dealkylation sites (N-methyl/N-ethyl adjacent to an activating group) is 1. The average Bonchev–Trinajstić information content (AvgIpc) is 2.77. The first-order valence-corrected chi connectivity index (χ1v) is 6.54. The van der Waals surface area contributed by atoms with Crippen molar-refractivity contribution in [2.75, 3.05) is 45.1 Å². The Labute approximate surface area is 101 Å². The van der Waals surface area contributed by atoms with Crippen LogP contribution in [0.1, 0.15) is 12.6 Å². The number of piperazine rings is 1. The van der Waals surface area contributed by atoms with E-state index in [1.165, 1.54) is 24.6 Å². The van der Waals surface area contributed by atoms with Crippen LogP contribution in [0.5, 0.6) is 0 Å². The second kappa shape index (κ2) is 5.56. The van der Waals surface area contributed by atoms with Crippen LogP contribution in [-0.4, -0.2) is 59.2 Å². The second-order valence-electron chi connectivity index (χ2n) is 4.01. The molecular weight excluding hydrogens is 222 g/mol. The third-order valence-electron chi connectivity index (χ3n) is 3.07. The molecule has 0 amide bonds. The fourth-order valence-corrected chi connectivity index (χ4v) is 2.50. The van der Waals surface area contributed by atoms with Crippen molar-refractivity contribution in [3.63, 3.8) is 0 Å². The fraction of sp³-hybridized carbons (Fsp3) is 0.800. The topological polar surface area (TPSA) is 44.3 Å². The van der Waals surface area contributed by atoms with Crippen molar-refractivity contribution < 1.29 is 0 Å². The van der Waals surface area contributed by atoms with Gasteiger partial charge in [-0.1, -0.05) is 11.4 Å². The van der Waals surface area contributed by atoms with E-state index in [4.69, 9.17) is 0 Å². The molecule has 5 nitrogen and oxygen atoms in total. The Kier molecular flexibility index (Phi) is 4.09. The van der Waals surface area contributed by atoms with Gasteiger partial charge in [0.25, 0.3) is 0 Å². The molecule has 0 saturated carbocycles. The highest BCUT2D eigenvalue weighted by Crippen LogP contribution is 2.18. The number of hydrogen-bond acceptors (Lipinski definition) is 6. The molecule has 0 atom stereocenters. The quantitative estimate of drug-likeness (QED) is 0.841. The Bertz CT molecular complexity index is 319. The maximum absolute atomic E-state index is 4.17. The van der Waals surface area contributed by atoms with Crippen molar-refractivity contribution in [1.82, 2.24) is 19.4 Å². The van der Waals surface area contributed by atoms with Crippen molar-refractivity contribution in [2.24, 2.45) is 0 Å². The summed E-state index contributed by atoms with van der Waals surface area (Å²) in [6.45, 7) is 8.91. The van der Waals surface area contributed by atoms with Crippen molar-refractivity contribution >= 4 is 16.5 Å². The zero-order valence-corrected chi connectivity index (χ0v) is 10.8. The summed E-state index contributed by atoms with van der Waals surface area (Å²) in [5.41, 5.74) is 1.08. The predicted molar refractivity (Wildman–Crippen MR) is 66.8 cm³/mol. The van der Waals surface area contributed by atoms with E-state index in [0.717, 1.165) is 36.9 Å². The zero-order valence-electron chi connectivity index (χ0n) is 9.94. The lowest BCUT2D eigenvalue weighted by Gasteiger charge is -2.33. The van der Waals surface area contributed by atoms with E-state index in [1.54, 1.807) is 0 Å². The molecule has 1 fully saturated rings. The first kappa shape index (κ1) is 11.8. The van der Waals surface area contributed by atoms with E-state index in [0.29, 0.717) is 0 Å². The summed E-state index contributed by atoms with van der Waals surface area (Å²) in [6.07, 6.45) is 0. The van der Waals surface area contributed by atoms with E-state index in [2.05, 4.69) is 31.6 Å². The molecular formula is C10H19N5S. The number of nitrogens with zero attached hydrogens (tertiary/aromatic N) is 4. The standard InChI is InChI=1S/C10H19N5S/c1-3-14-4-6-15(7-5-14)8-9-10(11-2)16-13-12-9/h11H,3-8H2,1-2H3. The van der Waals surface area contributed by atoms with E-state index in [9.17, 15) is 0 Å². The van der Waals surface area contributed by atoms with Gasteiger partial charge in [0.1, 0.15) is 10.7 Å². The van der Waals surface area contributed by atoms with Gasteiger partial charge in [0.05, 0.1) is 0 Å². The lowest BCUT2D eigenvalue weighted by molar-refractivity contribution is 0.131. The Morgan fingerprint density at radius 3 is 2.56 bits per heavy atom. The number of anilines is 1. The number of nitrogens with one attached hydrogen (secondary N) is 1. The zero-order chi connectivity index (χ0) is 11.4. The van der Waals surface area contributed by atoms with Crippen LogP contribution < -0.4 is 5.32 Å². The van der Waals surface area contributed by atoms with Crippen LogP contribution in [0.25, 0.3) is 0 Å². The van der Waals surface area contributed by atoms with Crippen LogP contribution in [0, 0.1) is 0 Å². The monoisotopic (exact) mass is 241 g/mol. The lowest BCUT2D eigenvalue weighted by Crippen LogP contribution is -2.45. The largest absolute Gasteiger partial charge is 0.377 e. The summed E-state index contributed by atoms with van der Waals surface area (Å²) < 4.78 is 3.98. The van der Waals surface area contributed by atoms with Crippen molar-refractivity contribution in [2.45, 2.75) is 13.5 Å². The Hall–Kier alpha value is -0.720. The maximum atomic E-state index is 4.17. The van der Waals surface area contributed by atoms with Crippen molar-refractivity contribution in [3.8, 4) is 0 Å². The van der Waals surface area contributed by atoms with Gasteiger partial charge in [-0.2, -0.15) is 0 Å². The van der Waals surface area contributed by atoms with Crippen LogP contribution >= 0.6 is 11.5 Å². The van der Waals surface area contributed by atoms with Gasteiger partial charge in [-0.3, -0.25) is 4.90 Å². The Morgan fingerprint density at radius 1 is 1.25 bits per heavy atom. The third-order valence-corrected chi connectivity index (χ3v) is 3.85. The third kappa shape index (κ3) is 2.69. The first-order valence-electron chi connectivity index (χ1n) is 5.77. The first-order chi connectivity index (χ1) is 7.83. The summed E-state index contributed by atoms with van der Waals surface area (Å²) in [5.74, 6) is 0. The number of hydrogen-bond donors (Lipinski definition) is 1. The maximum Gasteiger partial charge on any atom is 0.134 e. The van der Waals surface area contributed by atoms with Crippen LogP contribution in [0.2, 0.25) is 0 Å². The molecule has 0 aliphatic carbocycles. The molecule has 0 bridgehead atoms. The minimum atomic E-state index is 0.921.